The number of hydrogen-bond acceptors (Lipinski definition) is 3. The number of aryl methyl sites for hydroxylation is 1. The third-order valence-corrected chi connectivity index (χ3v) is 1.52. The van der Waals surface area contributed by atoms with Crippen LogP contribution in [0.2, 0.25) is 0 Å². The van der Waals surface area contributed by atoms with Crippen molar-refractivity contribution < 1.29 is 9.53 Å². The Hall–Kier alpha value is -1.16. The van der Waals surface area contributed by atoms with E-state index >= 15 is 0 Å². The molecule has 1 aromatic rings. The van der Waals surface area contributed by atoms with E-state index in [2.05, 4.69) is 4.98 Å². The zero-order chi connectivity index (χ0) is 8.27. The molecule has 0 aromatic carbocycles. The summed E-state index contributed by atoms with van der Waals surface area (Å²) in [5, 5.41) is 0. The molecule has 1 atom stereocenters. The number of aldehydes is 1. The van der Waals surface area contributed by atoms with Crippen LogP contribution in [0.15, 0.2) is 12.5 Å². The van der Waals surface area contributed by atoms with Crippen molar-refractivity contribution in [1.29, 1.82) is 0 Å². The Labute approximate surface area is 64.8 Å². The van der Waals surface area contributed by atoms with E-state index < -0.39 is 6.10 Å². The molecule has 0 fully saturated rings. The van der Waals surface area contributed by atoms with Gasteiger partial charge in [0.15, 0.2) is 12.4 Å². The molecule has 0 saturated carbocycles. The van der Waals surface area contributed by atoms with E-state index in [9.17, 15) is 4.79 Å². The molecular weight excluding hydrogens is 144 g/mol. The van der Waals surface area contributed by atoms with E-state index in [1.54, 1.807) is 17.1 Å². The van der Waals surface area contributed by atoms with Crippen LogP contribution in [0, 0.1) is 0 Å². The van der Waals surface area contributed by atoms with Gasteiger partial charge in [0.25, 0.3) is 0 Å². The minimum Gasteiger partial charge on any atom is -0.368 e. The van der Waals surface area contributed by atoms with Gasteiger partial charge in [0.05, 0.1) is 18.2 Å². The maximum atomic E-state index is 10.4. The predicted octanol–water partition coefficient (Wildman–Crippen LogP) is 0.307. The highest BCUT2D eigenvalue weighted by Crippen LogP contribution is 2.11. The molecule has 0 aliphatic rings. The molecule has 1 unspecified atom stereocenters. The molecular formula is C7H10N2O2. The summed E-state index contributed by atoms with van der Waals surface area (Å²) >= 11 is 0. The first-order valence-corrected chi connectivity index (χ1v) is 3.24. The lowest BCUT2D eigenvalue weighted by Gasteiger charge is -2.07. The fourth-order valence-electron chi connectivity index (χ4n) is 0.888. The van der Waals surface area contributed by atoms with E-state index in [1.165, 1.54) is 7.11 Å². The molecule has 1 heterocycles. The molecule has 0 saturated heterocycles. The minimum atomic E-state index is -0.498. The van der Waals surface area contributed by atoms with Gasteiger partial charge < -0.3 is 14.1 Å². The number of aromatic nitrogens is 2. The van der Waals surface area contributed by atoms with Crippen LogP contribution in [0.25, 0.3) is 0 Å². The van der Waals surface area contributed by atoms with Crippen LogP contribution in [-0.2, 0) is 16.6 Å². The Morgan fingerprint density at radius 1 is 1.82 bits per heavy atom. The van der Waals surface area contributed by atoms with E-state index in [-0.39, 0.29) is 0 Å². The van der Waals surface area contributed by atoms with Gasteiger partial charge in [0, 0.05) is 14.2 Å². The lowest BCUT2D eigenvalue weighted by Crippen LogP contribution is -2.07. The summed E-state index contributed by atoms with van der Waals surface area (Å²) in [6.07, 6.45) is 3.49. The fourth-order valence-corrected chi connectivity index (χ4v) is 0.888. The lowest BCUT2D eigenvalue weighted by atomic mass is 10.3. The first kappa shape index (κ1) is 7.94. The number of rotatable bonds is 3. The molecule has 4 heteroatoms. The van der Waals surface area contributed by atoms with Crippen LogP contribution in [0.4, 0.5) is 0 Å². The lowest BCUT2D eigenvalue weighted by molar-refractivity contribution is -0.117. The maximum absolute atomic E-state index is 10.4. The Balaban J connectivity index is 2.89. The summed E-state index contributed by atoms with van der Waals surface area (Å²) in [4.78, 5) is 14.3. The zero-order valence-electron chi connectivity index (χ0n) is 6.52. The number of hydrogen-bond donors (Lipinski definition) is 0. The molecule has 60 valence electrons. The monoisotopic (exact) mass is 154 g/mol. The van der Waals surface area contributed by atoms with Gasteiger partial charge in [-0.05, 0) is 0 Å². The molecule has 0 amide bonds. The minimum absolute atomic E-state index is 0.498. The second-order valence-corrected chi connectivity index (χ2v) is 2.22. The number of nitrogens with zero attached hydrogens (tertiary/aromatic N) is 2. The van der Waals surface area contributed by atoms with Crippen molar-refractivity contribution in [2.24, 2.45) is 7.05 Å². The molecule has 4 nitrogen and oxygen atoms in total. The summed E-state index contributed by atoms with van der Waals surface area (Å²) in [6.45, 7) is 0. The normalized spacial score (nSPS) is 12.9. The number of imidazole rings is 1. The molecule has 11 heavy (non-hydrogen) atoms. The Morgan fingerprint density at radius 2 is 2.55 bits per heavy atom. The van der Waals surface area contributed by atoms with E-state index in [0.717, 1.165) is 12.0 Å². The molecule has 1 aromatic heterocycles. The first-order valence-electron chi connectivity index (χ1n) is 3.24. The molecule has 0 aliphatic heterocycles. The van der Waals surface area contributed by atoms with Crippen molar-refractivity contribution in [3.63, 3.8) is 0 Å². The van der Waals surface area contributed by atoms with Gasteiger partial charge in [-0.3, -0.25) is 0 Å². The summed E-state index contributed by atoms with van der Waals surface area (Å²) < 4.78 is 6.65. The third kappa shape index (κ3) is 1.46. The highest BCUT2D eigenvalue weighted by Gasteiger charge is 2.11. The van der Waals surface area contributed by atoms with Gasteiger partial charge in [0.1, 0.15) is 0 Å². The molecule has 0 N–H and O–H groups in total. The van der Waals surface area contributed by atoms with Crippen LogP contribution in [0.3, 0.4) is 0 Å². The molecule has 0 bridgehead atoms. The van der Waals surface area contributed by atoms with Gasteiger partial charge >= 0.3 is 0 Å². The maximum Gasteiger partial charge on any atom is 0.154 e. The highest BCUT2D eigenvalue weighted by molar-refractivity contribution is 5.58. The standard InChI is InChI=1S/C7H10N2O2/c1-9-5-8-3-6(9)7(4-10)11-2/h3-5,7H,1-2H3. The van der Waals surface area contributed by atoms with Crippen molar-refractivity contribution in [3.05, 3.63) is 18.2 Å². The van der Waals surface area contributed by atoms with E-state index in [4.69, 9.17) is 4.74 Å². The number of methoxy groups -OCH3 is 1. The quantitative estimate of drug-likeness (QED) is 0.588. The number of carbonyl (C=O) groups is 1. The van der Waals surface area contributed by atoms with Gasteiger partial charge in [-0.25, -0.2) is 4.98 Å². The zero-order valence-corrected chi connectivity index (χ0v) is 6.52. The van der Waals surface area contributed by atoms with Gasteiger partial charge in [0.2, 0.25) is 0 Å². The highest BCUT2D eigenvalue weighted by atomic mass is 16.5. The van der Waals surface area contributed by atoms with Crippen LogP contribution in [0.1, 0.15) is 11.8 Å². The smallest absolute Gasteiger partial charge is 0.154 e. The fraction of sp³-hybridized carbons (Fsp3) is 0.429. The van der Waals surface area contributed by atoms with Gasteiger partial charge in [-0.1, -0.05) is 0 Å². The molecule has 1 rings (SSSR count). The topological polar surface area (TPSA) is 44.1 Å². The van der Waals surface area contributed by atoms with Crippen molar-refractivity contribution in [2.75, 3.05) is 7.11 Å². The van der Waals surface area contributed by atoms with Crippen molar-refractivity contribution >= 4 is 6.29 Å². The van der Waals surface area contributed by atoms with Crippen LogP contribution in [0.5, 0.6) is 0 Å². The van der Waals surface area contributed by atoms with Crippen molar-refractivity contribution in [2.45, 2.75) is 6.10 Å². The summed E-state index contributed by atoms with van der Waals surface area (Å²) in [6, 6.07) is 0. The van der Waals surface area contributed by atoms with E-state index in [1.807, 2.05) is 7.05 Å². The number of ether oxygens (including phenoxy) is 1. The molecule has 0 radical (unpaired) electrons. The average molecular weight is 154 g/mol. The van der Waals surface area contributed by atoms with E-state index in [0.29, 0.717) is 0 Å². The second kappa shape index (κ2) is 3.30. The first-order chi connectivity index (χ1) is 5.29. The number of carbonyl (C=O) groups excluding carboxylic acids is 1. The summed E-state index contributed by atoms with van der Waals surface area (Å²) in [5.74, 6) is 0. The largest absolute Gasteiger partial charge is 0.368 e. The molecule has 0 spiro atoms. The van der Waals surface area contributed by atoms with Gasteiger partial charge in [-0.15, -0.1) is 0 Å². The van der Waals surface area contributed by atoms with Crippen LogP contribution < -0.4 is 0 Å². The third-order valence-electron chi connectivity index (χ3n) is 1.52. The van der Waals surface area contributed by atoms with Crippen molar-refractivity contribution in [1.82, 2.24) is 9.55 Å². The van der Waals surface area contributed by atoms with Gasteiger partial charge in [-0.2, -0.15) is 0 Å². The van der Waals surface area contributed by atoms with Crippen LogP contribution in [-0.4, -0.2) is 22.9 Å². The second-order valence-electron chi connectivity index (χ2n) is 2.22. The average Bonchev–Trinajstić information content (AvgIpc) is 2.40. The summed E-state index contributed by atoms with van der Waals surface area (Å²) in [5.41, 5.74) is 0.766. The predicted molar refractivity (Wildman–Crippen MR) is 39.0 cm³/mol. The Morgan fingerprint density at radius 3 is 2.91 bits per heavy atom. The van der Waals surface area contributed by atoms with Crippen LogP contribution >= 0.6 is 0 Å². The van der Waals surface area contributed by atoms with Crippen molar-refractivity contribution in [3.8, 4) is 0 Å². The summed E-state index contributed by atoms with van der Waals surface area (Å²) in [7, 11) is 3.31. The molecule has 0 aliphatic carbocycles. The SMILES string of the molecule is COC(C=O)c1cncn1C. The Bertz CT molecular complexity index is 244. The Kier molecular flexibility index (Phi) is 2.38.